The van der Waals surface area contributed by atoms with Gasteiger partial charge in [0.2, 0.25) is 0 Å². The lowest BCUT2D eigenvalue weighted by atomic mass is 10.0. The van der Waals surface area contributed by atoms with Crippen molar-refractivity contribution < 1.29 is 0 Å². The van der Waals surface area contributed by atoms with E-state index in [4.69, 9.17) is 9.97 Å². The van der Waals surface area contributed by atoms with Gasteiger partial charge in [-0.1, -0.05) is 84.9 Å². The van der Waals surface area contributed by atoms with Crippen molar-refractivity contribution in [2.45, 2.75) is 6.42 Å². The quantitative estimate of drug-likeness (QED) is 0.168. The summed E-state index contributed by atoms with van der Waals surface area (Å²) in [6, 6.07) is 61.0. The number of hydrogen-bond donors (Lipinski definition) is 0. The predicted molar refractivity (Wildman–Crippen MR) is 256 cm³/mol. The maximum Gasteiger partial charge on any atom is 0.0963 e. The van der Waals surface area contributed by atoms with Gasteiger partial charge in [0.1, 0.15) is 0 Å². The van der Waals surface area contributed by atoms with Crippen LogP contribution in [0.1, 0.15) is 11.1 Å². The second-order valence-corrected chi connectivity index (χ2v) is 16.4. The molecule has 0 bridgehead atoms. The fourth-order valence-corrected chi connectivity index (χ4v) is 9.78. The van der Waals surface area contributed by atoms with Crippen molar-refractivity contribution in [3.63, 3.8) is 0 Å². The minimum Gasteiger partial charge on any atom is -0.308 e. The highest BCUT2D eigenvalue weighted by molar-refractivity contribution is 6.10. The smallest absolute Gasteiger partial charge is 0.0963 e. The Morgan fingerprint density at radius 1 is 0.333 bits per heavy atom. The zero-order valence-electron chi connectivity index (χ0n) is 34.0. The third kappa shape index (κ3) is 5.73. The molecule has 0 saturated heterocycles. The molecule has 1 aliphatic rings. The fraction of sp³-hybridized carbons (Fsp3) is 0.0175. The molecule has 0 spiro atoms. The van der Waals surface area contributed by atoms with E-state index in [2.05, 4.69) is 165 Å². The molecule has 0 unspecified atom stereocenters. The Labute approximate surface area is 363 Å². The van der Waals surface area contributed by atoms with E-state index in [1.54, 1.807) is 0 Å². The van der Waals surface area contributed by atoms with Crippen molar-refractivity contribution in [2.75, 3.05) is 0 Å². The second kappa shape index (κ2) is 14.0. The monoisotopic (exact) mass is 804 g/mol. The van der Waals surface area contributed by atoms with Crippen LogP contribution in [0, 0.1) is 0 Å². The van der Waals surface area contributed by atoms with Crippen LogP contribution in [0.25, 0.3) is 111 Å². The highest BCUT2D eigenvalue weighted by atomic mass is 15.0. The molecule has 0 fully saturated rings. The normalized spacial score (nSPS) is 12.1. The molecular formula is C57H36N6. The lowest BCUT2D eigenvalue weighted by molar-refractivity contribution is 1.16. The number of hydrogen-bond acceptors (Lipinski definition) is 4. The molecule has 0 saturated carbocycles. The highest BCUT2D eigenvalue weighted by Crippen LogP contribution is 2.43. The Morgan fingerprint density at radius 2 is 0.778 bits per heavy atom. The van der Waals surface area contributed by atoms with Crippen LogP contribution in [-0.2, 0) is 6.42 Å². The van der Waals surface area contributed by atoms with Gasteiger partial charge in [-0.2, -0.15) is 0 Å². The Bertz CT molecular complexity index is 3520. The first kappa shape index (κ1) is 35.3. The lowest BCUT2D eigenvalue weighted by Crippen LogP contribution is -1.96. The third-order valence-electron chi connectivity index (χ3n) is 12.8. The maximum atomic E-state index is 4.95. The predicted octanol–water partition coefficient (Wildman–Crippen LogP) is 13.7. The zero-order chi connectivity index (χ0) is 41.4. The van der Waals surface area contributed by atoms with Gasteiger partial charge in [-0.25, -0.2) is 0 Å². The molecule has 6 heteroatoms. The number of pyridine rings is 4. The summed E-state index contributed by atoms with van der Waals surface area (Å²) in [5.74, 6) is 0. The first-order valence-corrected chi connectivity index (χ1v) is 21.3. The van der Waals surface area contributed by atoms with Crippen LogP contribution in [0.15, 0.2) is 207 Å². The van der Waals surface area contributed by atoms with Gasteiger partial charge in [-0.3, -0.25) is 19.9 Å². The van der Waals surface area contributed by atoms with Gasteiger partial charge in [0.15, 0.2) is 0 Å². The summed E-state index contributed by atoms with van der Waals surface area (Å²) in [5.41, 5.74) is 22.6. The van der Waals surface area contributed by atoms with Crippen LogP contribution in [0.5, 0.6) is 0 Å². The van der Waals surface area contributed by atoms with Crippen molar-refractivity contribution in [3.05, 3.63) is 218 Å². The van der Waals surface area contributed by atoms with Gasteiger partial charge in [0.25, 0.3) is 0 Å². The summed E-state index contributed by atoms with van der Waals surface area (Å²) in [6.07, 6.45) is 12.4. The molecule has 6 aromatic heterocycles. The standard InChI is InChI=1S/C57H36N6/c1-3-9-36(10-4-1)42-26-44(34-58-32-42)38-17-21-52-50(28-38)56-54(13-7-23-60-56)62(52)46-19-15-40-25-41-16-20-47(31-49(41)48(40)30-46)63-53-22-18-39(29-51(53)57-55(63)14-8-24-61-57)45-27-43(33-59-35-45)37-11-5-2-6-12-37/h1-24,26-35H,25H2. The SMILES string of the molecule is c1ccc(-c2cncc(-c3ccc4c(c3)c3ncccc3n4-c3ccc4c(c3)-c3cc(-n5c6ccc(-c7cncc(-c8ccccc8)c7)cc6c6ncccc65)ccc3C4)c2)cc1. The number of nitrogens with zero attached hydrogens (tertiary/aromatic N) is 6. The molecule has 12 aromatic rings. The minimum atomic E-state index is 0.896. The number of fused-ring (bicyclic) bond motifs is 9. The van der Waals surface area contributed by atoms with Crippen LogP contribution >= 0.6 is 0 Å². The molecule has 13 rings (SSSR count). The third-order valence-corrected chi connectivity index (χ3v) is 12.8. The molecule has 0 atom stereocenters. The van der Waals surface area contributed by atoms with Crippen LogP contribution in [0.3, 0.4) is 0 Å². The van der Waals surface area contributed by atoms with Gasteiger partial charge in [-0.05, 0) is 136 Å². The zero-order valence-corrected chi connectivity index (χ0v) is 34.0. The molecule has 63 heavy (non-hydrogen) atoms. The number of aromatic nitrogens is 6. The second-order valence-electron chi connectivity index (χ2n) is 16.4. The molecule has 0 amide bonds. The summed E-state index contributed by atoms with van der Waals surface area (Å²) in [4.78, 5) is 19.2. The van der Waals surface area contributed by atoms with Crippen LogP contribution < -0.4 is 0 Å². The van der Waals surface area contributed by atoms with E-state index in [1.165, 1.54) is 22.3 Å². The van der Waals surface area contributed by atoms with E-state index in [1.807, 2.05) is 61.4 Å². The summed E-state index contributed by atoms with van der Waals surface area (Å²) < 4.78 is 4.73. The molecule has 0 radical (unpaired) electrons. The van der Waals surface area contributed by atoms with Gasteiger partial charge in [0.05, 0.1) is 33.1 Å². The van der Waals surface area contributed by atoms with Crippen LogP contribution in [0.2, 0.25) is 0 Å². The van der Waals surface area contributed by atoms with E-state index >= 15 is 0 Å². The van der Waals surface area contributed by atoms with E-state index < -0.39 is 0 Å². The van der Waals surface area contributed by atoms with Crippen LogP contribution in [-0.4, -0.2) is 29.1 Å². The molecule has 0 aliphatic heterocycles. The van der Waals surface area contributed by atoms with Gasteiger partial charge >= 0.3 is 0 Å². The Hall–Kier alpha value is -8.48. The Morgan fingerprint density at radius 3 is 1.24 bits per heavy atom. The molecule has 294 valence electrons. The van der Waals surface area contributed by atoms with E-state index in [0.29, 0.717) is 0 Å². The Balaban J connectivity index is 0.905. The minimum absolute atomic E-state index is 0.896. The van der Waals surface area contributed by atoms with Crippen molar-refractivity contribution in [2.24, 2.45) is 0 Å². The molecule has 6 aromatic carbocycles. The lowest BCUT2D eigenvalue weighted by Gasteiger charge is -2.13. The average molecular weight is 805 g/mol. The van der Waals surface area contributed by atoms with E-state index in [0.717, 1.165) is 106 Å². The fourth-order valence-electron chi connectivity index (χ4n) is 9.78. The maximum absolute atomic E-state index is 4.95. The average Bonchev–Trinajstić information content (AvgIpc) is 4.01. The van der Waals surface area contributed by atoms with Crippen LogP contribution in [0.4, 0.5) is 0 Å². The Kier molecular flexibility index (Phi) is 7.87. The van der Waals surface area contributed by atoms with Crippen molar-refractivity contribution in [1.29, 1.82) is 0 Å². The van der Waals surface area contributed by atoms with Crippen molar-refractivity contribution >= 4 is 43.9 Å². The summed E-state index contributed by atoms with van der Waals surface area (Å²) in [7, 11) is 0. The number of rotatable bonds is 6. The largest absolute Gasteiger partial charge is 0.308 e. The first-order chi connectivity index (χ1) is 31.2. The van der Waals surface area contributed by atoms with Crippen molar-refractivity contribution in [1.82, 2.24) is 29.1 Å². The first-order valence-electron chi connectivity index (χ1n) is 21.3. The topological polar surface area (TPSA) is 61.4 Å². The highest BCUT2D eigenvalue weighted by Gasteiger charge is 2.23. The van der Waals surface area contributed by atoms with Crippen molar-refractivity contribution in [3.8, 4) is 67.0 Å². The summed E-state index contributed by atoms with van der Waals surface area (Å²) in [5, 5.41) is 2.22. The van der Waals surface area contributed by atoms with E-state index in [-0.39, 0.29) is 0 Å². The van der Waals surface area contributed by atoms with Gasteiger partial charge in [-0.15, -0.1) is 0 Å². The molecular weight excluding hydrogens is 769 g/mol. The molecule has 6 nitrogen and oxygen atoms in total. The van der Waals surface area contributed by atoms with E-state index in [9.17, 15) is 0 Å². The summed E-state index contributed by atoms with van der Waals surface area (Å²) >= 11 is 0. The molecule has 6 heterocycles. The van der Waals surface area contributed by atoms with Gasteiger partial charge < -0.3 is 9.13 Å². The number of benzene rings is 6. The molecule has 1 aliphatic carbocycles. The molecule has 0 N–H and O–H groups in total. The summed E-state index contributed by atoms with van der Waals surface area (Å²) in [6.45, 7) is 0. The van der Waals surface area contributed by atoms with Gasteiger partial charge in [0, 0.05) is 81.6 Å².